The van der Waals surface area contributed by atoms with Gasteiger partial charge in [0.2, 0.25) is 10.0 Å². The fourth-order valence-electron chi connectivity index (χ4n) is 2.07. The Morgan fingerprint density at radius 3 is 2.57 bits per heavy atom. The van der Waals surface area contributed by atoms with Crippen molar-refractivity contribution in [1.82, 2.24) is 19.3 Å². The molecule has 0 bridgehead atoms. The Morgan fingerprint density at radius 2 is 1.96 bits per heavy atom. The highest BCUT2D eigenvalue weighted by atomic mass is 32.2. The molecule has 0 aliphatic carbocycles. The molecule has 1 aromatic heterocycles. The molecule has 0 saturated carbocycles. The van der Waals surface area contributed by atoms with Crippen LogP contribution in [0, 0.1) is 0 Å². The van der Waals surface area contributed by atoms with Gasteiger partial charge in [0, 0.05) is 25.7 Å². The second-order valence-corrected chi connectivity index (χ2v) is 8.63. The summed E-state index contributed by atoms with van der Waals surface area (Å²) in [6.45, 7) is 6.87. The van der Waals surface area contributed by atoms with E-state index in [0.717, 1.165) is 17.7 Å². The highest BCUT2D eigenvalue weighted by molar-refractivity contribution is 7.89. The summed E-state index contributed by atoms with van der Waals surface area (Å²) in [5, 5.41) is 8.40. The Balaban J connectivity index is 2.25. The Hall–Kier alpha value is -1.73. The molecule has 1 aromatic carbocycles. The van der Waals surface area contributed by atoms with Crippen LogP contribution in [0.2, 0.25) is 0 Å². The van der Waals surface area contributed by atoms with Crippen LogP contribution in [0.1, 0.15) is 38.4 Å². The van der Waals surface area contributed by atoms with Gasteiger partial charge in [-0.1, -0.05) is 38.1 Å². The molecule has 0 atom stereocenters. The van der Waals surface area contributed by atoms with Crippen LogP contribution in [0.25, 0.3) is 0 Å². The van der Waals surface area contributed by atoms with Crippen molar-refractivity contribution in [3.63, 3.8) is 0 Å². The van der Waals surface area contributed by atoms with E-state index in [4.69, 9.17) is 0 Å². The van der Waals surface area contributed by atoms with Crippen LogP contribution in [0.5, 0.6) is 0 Å². The minimum atomic E-state index is -3.43. The first-order valence-electron chi connectivity index (χ1n) is 7.59. The van der Waals surface area contributed by atoms with Crippen LogP contribution in [0.15, 0.2) is 35.4 Å². The molecular weight excluding hydrogens is 312 g/mol. The number of nitrogens with zero attached hydrogens (tertiary/aromatic N) is 4. The van der Waals surface area contributed by atoms with Crippen molar-refractivity contribution >= 4 is 10.0 Å². The first-order chi connectivity index (χ1) is 10.7. The predicted octanol–water partition coefficient (Wildman–Crippen LogP) is 2.26. The maximum absolute atomic E-state index is 12.2. The smallest absolute Gasteiger partial charge is 0.242 e. The third-order valence-electron chi connectivity index (χ3n) is 4.14. The molecule has 0 radical (unpaired) electrons. The Bertz CT molecular complexity index is 779. The van der Waals surface area contributed by atoms with Gasteiger partial charge in [-0.3, -0.25) is 0 Å². The van der Waals surface area contributed by atoms with Crippen LogP contribution >= 0.6 is 0 Å². The highest BCUT2D eigenvalue weighted by Crippen LogP contribution is 2.24. The fourth-order valence-corrected chi connectivity index (χ4v) is 3.04. The lowest BCUT2D eigenvalue weighted by Gasteiger charge is -2.18. The van der Waals surface area contributed by atoms with Gasteiger partial charge in [-0.05, 0) is 24.1 Å². The zero-order valence-corrected chi connectivity index (χ0v) is 15.1. The topological polar surface area (TPSA) is 68.1 Å². The highest BCUT2D eigenvalue weighted by Gasteiger charge is 2.22. The molecule has 0 aliphatic rings. The molecule has 2 rings (SSSR count). The molecule has 0 saturated heterocycles. The second-order valence-electron chi connectivity index (χ2n) is 6.47. The normalized spacial score (nSPS) is 12.8. The zero-order valence-electron chi connectivity index (χ0n) is 14.3. The minimum absolute atomic E-state index is 0.0195. The van der Waals surface area contributed by atoms with Gasteiger partial charge in [0.1, 0.15) is 0 Å². The summed E-state index contributed by atoms with van der Waals surface area (Å²) < 4.78 is 27.4. The van der Waals surface area contributed by atoms with Crippen molar-refractivity contribution in [2.45, 2.75) is 44.0 Å². The van der Waals surface area contributed by atoms with Gasteiger partial charge < -0.3 is 0 Å². The first kappa shape index (κ1) is 17.6. The molecule has 1 heterocycles. The molecule has 0 unspecified atom stereocenters. The van der Waals surface area contributed by atoms with Crippen LogP contribution in [-0.2, 0) is 22.0 Å². The van der Waals surface area contributed by atoms with E-state index in [-0.39, 0.29) is 10.3 Å². The van der Waals surface area contributed by atoms with Gasteiger partial charge in [-0.25, -0.2) is 17.4 Å². The van der Waals surface area contributed by atoms with Crippen molar-refractivity contribution in [3.05, 3.63) is 41.7 Å². The van der Waals surface area contributed by atoms with Crippen molar-refractivity contribution in [2.75, 3.05) is 14.1 Å². The van der Waals surface area contributed by atoms with Gasteiger partial charge in [-0.15, -0.1) is 5.10 Å². The molecule has 7 heteroatoms. The van der Waals surface area contributed by atoms with Gasteiger partial charge in [0.25, 0.3) is 0 Å². The number of hydrogen-bond acceptors (Lipinski definition) is 4. The maximum atomic E-state index is 12.2. The lowest BCUT2D eigenvalue weighted by molar-refractivity contribution is 0.489. The van der Waals surface area contributed by atoms with Crippen molar-refractivity contribution in [3.8, 4) is 0 Å². The lowest BCUT2D eigenvalue weighted by Crippen LogP contribution is -2.22. The number of rotatable bonds is 6. The molecule has 0 fully saturated rings. The van der Waals surface area contributed by atoms with Crippen LogP contribution < -0.4 is 0 Å². The Labute approximate surface area is 138 Å². The van der Waals surface area contributed by atoms with Gasteiger partial charge >= 0.3 is 0 Å². The summed E-state index contributed by atoms with van der Waals surface area (Å²) in [6.07, 6.45) is 2.90. The van der Waals surface area contributed by atoms with E-state index < -0.39 is 10.0 Å². The van der Waals surface area contributed by atoms with E-state index in [1.165, 1.54) is 18.4 Å². The van der Waals surface area contributed by atoms with Gasteiger partial charge in [-0.2, -0.15) is 0 Å². The number of aromatic nitrogens is 3. The van der Waals surface area contributed by atoms with Gasteiger partial charge in [0.05, 0.1) is 17.1 Å². The molecule has 0 N–H and O–H groups in total. The SMILES string of the molecule is CCC(C)(C)c1cn(Cc2cccc(S(=O)(=O)N(C)C)c2)nn1. The maximum Gasteiger partial charge on any atom is 0.242 e. The van der Waals surface area contributed by atoms with Crippen LogP contribution in [-0.4, -0.2) is 41.8 Å². The molecule has 0 amide bonds. The Morgan fingerprint density at radius 1 is 1.26 bits per heavy atom. The lowest BCUT2D eigenvalue weighted by atomic mass is 9.87. The molecule has 126 valence electrons. The number of sulfonamides is 1. The van der Waals surface area contributed by atoms with E-state index in [0.29, 0.717) is 6.54 Å². The summed E-state index contributed by atoms with van der Waals surface area (Å²) in [5.41, 5.74) is 1.80. The minimum Gasteiger partial charge on any atom is -0.248 e. The molecule has 0 aliphatic heterocycles. The third kappa shape index (κ3) is 3.79. The largest absolute Gasteiger partial charge is 0.248 e. The summed E-state index contributed by atoms with van der Waals surface area (Å²) >= 11 is 0. The summed E-state index contributed by atoms with van der Waals surface area (Å²) in [5.74, 6) is 0. The van der Waals surface area contributed by atoms with E-state index in [1.807, 2.05) is 12.3 Å². The quantitative estimate of drug-likeness (QED) is 0.811. The van der Waals surface area contributed by atoms with E-state index in [2.05, 4.69) is 31.1 Å². The third-order valence-corrected chi connectivity index (χ3v) is 5.95. The van der Waals surface area contributed by atoms with Gasteiger partial charge in [0.15, 0.2) is 0 Å². The second kappa shape index (κ2) is 6.41. The average Bonchev–Trinajstić information content (AvgIpc) is 2.96. The van der Waals surface area contributed by atoms with E-state index in [1.54, 1.807) is 22.9 Å². The van der Waals surface area contributed by atoms with Crippen molar-refractivity contribution in [2.24, 2.45) is 0 Å². The molecular formula is C16H24N4O2S. The summed E-state index contributed by atoms with van der Waals surface area (Å²) in [6, 6.07) is 6.92. The average molecular weight is 336 g/mol. The number of benzene rings is 1. The van der Waals surface area contributed by atoms with Crippen LogP contribution in [0.3, 0.4) is 0 Å². The predicted molar refractivity (Wildman–Crippen MR) is 89.8 cm³/mol. The molecule has 2 aromatic rings. The molecule has 0 spiro atoms. The number of hydrogen-bond donors (Lipinski definition) is 0. The van der Waals surface area contributed by atoms with Crippen LogP contribution in [0.4, 0.5) is 0 Å². The molecule has 6 nitrogen and oxygen atoms in total. The summed E-state index contributed by atoms with van der Waals surface area (Å²) in [7, 11) is -0.373. The molecule has 23 heavy (non-hydrogen) atoms. The standard InChI is InChI=1S/C16H24N4O2S/c1-6-16(2,3)15-12-20(18-17-15)11-13-8-7-9-14(10-13)23(21,22)19(4)5/h7-10,12H,6,11H2,1-5H3. The zero-order chi connectivity index (χ0) is 17.3. The van der Waals surface area contributed by atoms with E-state index >= 15 is 0 Å². The monoisotopic (exact) mass is 336 g/mol. The Kier molecular flexibility index (Phi) is 4.91. The van der Waals surface area contributed by atoms with E-state index in [9.17, 15) is 8.42 Å². The fraction of sp³-hybridized carbons (Fsp3) is 0.500. The summed E-state index contributed by atoms with van der Waals surface area (Å²) in [4.78, 5) is 0.286. The first-order valence-corrected chi connectivity index (χ1v) is 9.03. The van der Waals surface area contributed by atoms with Crippen molar-refractivity contribution in [1.29, 1.82) is 0 Å². The van der Waals surface area contributed by atoms with Crippen molar-refractivity contribution < 1.29 is 8.42 Å².